The molecule has 1 fully saturated rings. The molecule has 0 bridgehead atoms. The number of thioether (sulfide) groups is 1. The molecule has 2 aliphatic rings. The lowest BCUT2D eigenvalue weighted by Gasteiger charge is -2.34. The number of hydrogen-bond donors (Lipinski definition) is 2. The van der Waals surface area contributed by atoms with E-state index in [4.69, 9.17) is 16.0 Å². The summed E-state index contributed by atoms with van der Waals surface area (Å²) in [7, 11) is 0. The summed E-state index contributed by atoms with van der Waals surface area (Å²) in [5, 5.41) is 12.3. The van der Waals surface area contributed by atoms with Crippen molar-refractivity contribution in [1.29, 1.82) is 5.26 Å². The number of aromatic nitrogens is 3. The number of carbonyl (C=O) groups is 1. The number of nitrogens with zero attached hydrogens (tertiary/aromatic N) is 6. The average Bonchev–Trinajstić information content (AvgIpc) is 3.24. The summed E-state index contributed by atoms with van der Waals surface area (Å²) in [5.74, 6) is 0.437. The minimum atomic E-state index is -0.652. The fourth-order valence-corrected chi connectivity index (χ4v) is 5.28. The maximum absolute atomic E-state index is 13.3. The van der Waals surface area contributed by atoms with E-state index in [1.54, 1.807) is 12.1 Å². The van der Waals surface area contributed by atoms with Crippen LogP contribution < -0.4 is 16.0 Å². The second-order valence-corrected chi connectivity index (χ2v) is 9.08. The molecule has 2 aromatic heterocycles. The van der Waals surface area contributed by atoms with Gasteiger partial charge in [-0.15, -0.1) is 12.4 Å². The minimum Gasteiger partial charge on any atom is -0.379 e. The molecule has 9 nitrogen and oxygen atoms in total. The van der Waals surface area contributed by atoms with Gasteiger partial charge in [-0.1, -0.05) is 23.9 Å². The number of nitrogens with two attached hydrogens (primary N) is 1. The molecule has 0 aliphatic carbocycles. The van der Waals surface area contributed by atoms with Crippen LogP contribution >= 0.6 is 24.2 Å². The van der Waals surface area contributed by atoms with Crippen molar-refractivity contribution < 1.29 is 9.18 Å². The van der Waals surface area contributed by atoms with Crippen molar-refractivity contribution in [3.8, 4) is 6.07 Å². The lowest BCUT2D eigenvalue weighted by molar-refractivity contribution is 0.102. The number of fused-ring (bicyclic) bond motifs is 1. The highest BCUT2D eigenvalue weighted by Crippen LogP contribution is 2.46. The summed E-state index contributed by atoms with van der Waals surface area (Å²) < 4.78 is 13.3. The van der Waals surface area contributed by atoms with Crippen LogP contribution in [0.2, 0.25) is 0 Å². The monoisotopic (exact) mass is 510 g/mol. The number of benzene rings is 1. The molecule has 2 aliphatic heterocycles. The van der Waals surface area contributed by atoms with Crippen LogP contribution in [0.4, 0.5) is 16.0 Å². The number of hydrogen-bond acceptors (Lipinski definition) is 9. The van der Waals surface area contributed by atoms with Crippen molar-refractivity contribution in [3.63, 3.8) is 0 Å². The summed E-state index contributed by atoms with van der Waals surface area (Å²) in [4.78, 5) is 31.8. The van der Waals surface area contributed by atoms with Gasteiger partial charge in [0.2, 0.25) is 5.95 Å². The first-order valence-electron chi connectivity index (χ1n) is 10.5. The van der Waals surface area contributed by atoms with E-state index in [9.17, 15) is 9.18 Å². The van der Waals surface area contributed by atoms with E-state index < -0.39 is 11.4 Å². The number of pyridine rings is 1. The maximum atomic E-state index is 13.3. The van der Waals surface area contributed by atoms with E-state index in [0.29, 0.717) is 35.5 Å². The summed E-state index contributed by atoms with van der Waals surface area (Å²) in [6.45, 7) is 1.11. The number of amides is 1. The van der Waals surface area contributed by atoms with Crippen LogP contribution in [0.15, 0.2) is 60.0 Å². The molecule has 3 aromatic rings. The van der Waals surface area contributed by atoms with Crippen molar-refractivity contribution in [2.45, 2.75) is 5.54 Å². The molecule has 1 unspecified atom stereocenters. The van der Waals surface area contributed by atoms with Gasteiger partial charge in [0.1, 0.15) is 17.3 Å². The Morgan fingerprint density at radius 3 is 2.74 bits per heavy atom. The highest BCUT2D eigenvalue weighted by Gasteiger charge is 2.50. The fourth-order valence-electron chi connectivity index (χ4n) is 4.30. The Hall–Kier alpha value is -3.75. The molecule has 1 aromatic carbocycles. The van der Waals surface area contributed by atoms with E-state index in [1.807, 2.05) is 29.2 Å². The highest BCUT2D eigenvalue weighted by atomic mass is 35.5. The van der Waals surface area contributed by atoms with E-state index in [0.717, 1.165) is 23.7 Å². The molecule has 0 spiro atoms. The Kier molecular flexibility index (Phi) is 6.86. The third kappa shape index (κ3) is 4.76. The maximum Gasteiger partial charge on any atom is 0.274 e. The zero-order chi connectivity index (χ0) is 23.7. The zero-order valence-electron chi connectivity index (χ0n) is 18.3. The number of carbonyl (C=O) groups excluding carboxylic acids is 1. The van der Waals surface area contributed by atoms with Crippen molar-refractivity contribution in [3.05, 3.63) is 77.6 Å². The lowest BCUT2D eigenvalue weighted by Crippen LogP contribution is -2.40. The van der Waals surface area contributed by atoms with Gasteiger partial charge < -0.3 is 16.0 Å². The van der Waals surface area contributed by atoms with Gasteiger partial charge in [-0.3, -0.25) is 4.79 Å². The summed E-state index contributed by atoms with van der Waals surface area (Å²) in [6.07, 6.45) is 3.66. The third-order valence-corrected chi connectivity index (χ3v) is 6.88. The van der Waals surface area contributed by atoms with E-state index >= 15 is 0 Å². The summed E-state index contributed by atoms with van der Waals surface area (Å²) in [6, 6.07) is 12.5. The van der Waals surface area contributed by atoms with Gasteiger partial charge in [-0.25, -0.2) is 24.3 Å². The fraction of sp³-hybridized carbons (Fsp3) is 0.217. The Bertz CT molecular complexity index is 1310. The molecule has 0 saturated carbocycles. The van der Waals surface area contributed by atoms with Crippen LogP contribution in [0.1, 0.15) is 21.6 Å². The first-order valence-corrected chi connectivity index (χ1v) is 11.4. The molecule has 178 valence electrons. The van der Waals surface area contributed by atoms with Gasteiger partial charge >= 0.3 is 0 Å². The predicted octanol–water partition coefficient (Wildman–Crippen LogP) is 2.95. The van der Waals surface area contributed by atoms with Gasteiger partial charge in [0, 0.05) is 30.1 Å². The molecule has 12 heteroatoms. The second-order valence-electron chi connectivity index (χ2n) is 8.04. The number of rotatable bonds is 4. The number of halogens is 2. The molecular weight excluding hydrogens is 491 g/mol. The van der Waals surface area contributed by atoms with E-state index in [1.165, 1.54) is 24.0 Å². The Labute approximate surface area is 211 Å². The topological polar surface area (TPSA) is 133 Å². The molecular formula is C23H20ClFN8OS. The van der Waals surface area contributed by atoms with Crippen molar-refractivity contribution >= 4 is 46.9 Å². The predicted molar refractivity (Wildman–Crippen MR) is 134 cm³/mol. The van der Waals surface area contributed by atoms with Gasteiger partial charge in [0.05, 0.1) is 24.5 Å². The molecule has 1 amide bonds. The molecule has 3 N–H and O–H groups in total. The van der Waals surface area contributed by atoms with Crippen LogP contribution in [-0.4, -0.2) is 44.9 Å². The van der Waals surface area contributed by atoms with Crippen LogP contribution in [0, 0.1) is 23.1 Å². The van der Waals surface area contributed by atoms with Crippen molar-refractivity contribution in [2.24, 2.45) is 16.6 Å². The number of nitrogens with one attached hydrogen (secondary N) is 1. The Morgan fingerprint density at radius 1 is 1.23 bits per heavy atom. The molecule has 0 radical (unpaired) electrons. The number of aliphatic imine (C=N–C) groups is 1. The van der Waals surface area contributed by atoms with Crippen molar-refractivity contribution in [1.82, 2.24) is 15.0 Å². The number of amidine groups is 1. The first-order chi connectivity index (χ1) is 16.5. The van der Waals surface area contributed by atoms with E-state index in [-0.39, 0.29) is 29.9 Å². The van der Waals surface area contributed by atoms with Gasteiger partial charge in [-0.2, -0.15) is 5.26 Å². The van der Waals surface area contributed by atoms with Gasteiger partial charge in [-0.05, 0) is 29.8 Å². The third-order valence-electron chi connectivity index (χ3n) is 5.93. The molecule has 35 heavy (non-hydrogen) atoms. The minimum absolute atomic E-state index is 0. The van der Waals surface area contributed by atoms with Gasteiger partial charge in [0.25, 0.3) is 5.91 Å². The Morgan fingerprint density at radius 2 is 2.03 bits per heavy atom. The number of anilines is 2. The van der Waals surface area contributed by atoms with Crippen molar-refractivity contribution in [2.75, 3.05) is 29.1 Å². The van der Waals surface area contributed by atoms with Crippen LogP contribution in [0.3, 0.4) is 0 Å². The van der Waals surface area contributed by atoms with E-state index in [2.05, 4.69) is 20.3 Å². The molecule has 4 heterocycles. The van der Waals surface area contributed by atoms with Crippen LogP contribution in [-0.2, 0) is 5.54 Å². The summed E-state index contributed by atoms with van der Waals surface area (Å²) >= 11 is 1.50. The van der Waals surface area contributed by atoms with Crippen LogP contribution in [0.25, 0.3) is 0 Å². The smallest absolute Gasteiger partial charge is 0.274 e. The summed E-state index contributed by atoms with van der Waals surface area (Å²) in [5.41, 5.74) is 7.57. The SMILES string of the molecule is Cl.N#Cc1ccc(C(=O)Nc2cccc(C34CN(c5ncc(F)cn5)C[C@H]3CSC(N)=N4)c2)nc1. The lowest BCUT2D eigenvalue weighted by atomic mass is 9.81. The highest BCUT2D eigenvalue weighted by molar-refractivity contribution is 8.13. The second kappa shape index (κ2) is 9.85. The molecule has 5 rings (SSSR count). The zero-order valence-corrected chi connectivity index (χ0v) is 19.9. The van der Waals surface area contributed by atoms with Gasteiger partial charge in [0.15, 0.2) is 11.0 Å². The number of nitriles is 1. The standard InChI is InChI=1S/C23H19FN8OS.ClH/c24-17-9-28-22(29-10-17)32-11-16-12-34-21(26)31-23(16,13-32)15-2-1-3-18(6-15)30-20(33)19-5-4-14(7-25)8-27-19;/h1-6,8-10,16H,11-13H2,(H2,26,31)(H,30,33);1H/t16-,23?;/m0./s1. The Balaban J connectivity index is 0.00000289. The average molecular weight is 511 g/mol. The largest absolute Gasteiger partial charge is 0.379 e. The molecule has 1 saturated heterocycles. The quantitative estimate of drug-likeness (QED) is 0.547. The first kappa shape index (κ1) is 24.4. The normalized spacial score (nSPS) is 20.7. The molecule has 2 atom stereocenters. The van der Waals surface area contributed by atoms with Crippen LogP contribution in [0.5, 0.6) is 0 Å².